The average molecular weight is 920 g/mol. The fraction of sp³-hybridized carbons (Fsp3) is 0.500. The van der Waals surface area contributed by atoms with Crippen molar-refractivity contribution in [3.63, 3.8) is 0 Å². The maximum atomic E-state index is 13.1. The van der Waals surface area contributed by atoms with Crippen LogP contribution in [0, 0.1) is 11.8 Å². The molecule has 4 aromatic heterocycles. The Kier molecular flexibility index (Phi) is 13.2. The van der Waals surface area contributed by atoms with E-state index in [9.17, 15) is 26.4 Å². The molecule has 64 heavy (non-hydrogen) atoms. The second kappa shape index (κ2) is 18.2. The highest BCUT2D eigenvalue weighted by Crippen LogP contribution is 2.34. The second-order valence-electron chi connectivity index (χ2n) is 17.9. The first-order chi connectivity index (χ1) is 30.3. The molecule has 2 saturated heterocycles. The fourth-order valence-electron chi connectivity index (χ4n) is 7.96. The molecule has 2 aliphatic rings. The monoisotopic (exact) mass is 919 g/mol. The first-order valence-electron chi connectivity index (χ1n) is 21.6. The molecular formula is C44H57N9O9S2. The zero-order valence-corrected chi connectivity index (χ0v) is 38.7. The molecule has 6 heterocycles. The van der Waals surface area contributed by atoms with Crippen molar-refractivity contribution >= 4 is 54.0 Å². The molecule has 2 fully saturated rings. The number of ether oxygens (including phenoxy) is 2. The summed E-state index contributed by atoms with van der Waals surface area (Å²) in [5.74, 6) is 0.886. The minimum atomic E-state index is -4.04. The number of primary amides is 1. The lowest BCUT2D eigenvalue weighted by Gasteiger charge is -2.28. The fourth-order valence-corrected chi connectivity index (χ4v) is 10.2. The predicted octanol–water partition coefficient (Wildman–Crippen LogP) is 5.97. The number of hydrogen-bond acceptors (Lipinski definition) is 12. The number of fused-ring (bicyclic) bond motifs is 2. The number of benzene rings is 2. The molecule has 8 rings (SSSR count). The lowest BCUT2D eigenvalue weighted by Crippen LogP contribution is -2.26. The maximum Gasteiger partial charge on any atom is 0.338 e. The van der Waals surface area contributed by atoms with E-state index in [1.165, 1.54) is 6.07 Å². The number of carboxylic acids is 1. The van der Waals surface area contributed by atoms with Crippen molar-refractivity contribution in [2.24, 2.45) is 17.6 Å². The first kappa shape index (κ1) is 46.5. The lowest BCUT2D eigenvalue weighted by molar-refractivity contribution is 0.0609. The van der Waals surface area contributed by atoms with E-state index in [0.29, 0.717) is 27.0 Å². The van der Waals surface area contributed by atoms with Crippen LogP contribution < -0.4 is 5.73 Å². The first-order valence-corrected chi connectivity index (χ1v) is 24.5. The molecular weight excluding hydrogens is 863 g/mol. The van der Waals surface area contributed by atoms with Gasteiger partial charge in [-0.25, -0.2) is 14.8 Å². The highest BCUT2D eigenvalue weighted by Gasteiger charge is 2.31. The Labute approximate surface area is 372 Å². The van der Waals surface area contributed by atoms with Gasteiger partial charge in [-0.1, -0.05) is 41.5 Å². The van der Waals surface area contributed by atoms with Gasteiger partial charge in [-0.2, -0.15) is 35.2 Å². The quantitative estimate of drug-likeness (QED) is 0.128. The van der Waals surface area contributed by atoms with E-state index < -0.39 is 31.9 Å². The predicted molar refractivity (Wildman–Crippen MR) is 238 cm³/mol. The highest BCUT2D eigenvalue weighted by molar-refractivity contribution is 7.90. The van der Waals surface area contributed by atoms with E-state index in [0.717, 1.165) is 130 Å². The number of hydrogen-bond donors (Lipinski definition) is 2. The Morgan fingerprint density at radius 2 is 1.08 bits per heavy atom. The van der Waals surface area contributed by atoms with Crippen molar-refractivity contribution in [3.05, 3.63) is 84.0 Å². The van der Waals surface area contributed by atoms with Crippen LogP contribution in [0.4, 0.5) is 0 Å². The third kappa shape index (κ3) is 9.36. The number of carbonyl (C=O) groups is 2. The van der Waals surface area contributed by atoms with Crippen molar-refractivity contribution in [2.45, 2.75) is 114 Å². The molecule has 20 heteroatoms. The molecule has 18 nitrogen and oxygen atoms in total. The summed E-state index contributed by atoms with van der Waals surface area (Å²) in [5, 5.41) is 16.6. The van der Waals surface area contributed by atoms with Crippen molar-refractivity contribution < 1.29 is 41.0 Å². The molecule has 2 aromatic carbocycles. The van der Waals surface area contributed by atoms with E-state index in [-0.39, 0.29) is 31.7 Å². The van der Waals surface area contributed by atoms with Gasteiger partial charge in [-0.3, -0.25) is 4.79 Å². The van der Waals surface area contributed by atoms with Gasteiger partial charge in [0.2, 0.25) is 0 Å². The summed E-state index contributed by atoms with van der Waals surface area (Å²) in [4.78, 5) is 32.3. The Balaban J connectivity index is 0.000000191. The van der Waals surface area contributed by atoms with Gasteiger partial charge in [-0.05, 0) is 86.8 Å². The molecule has 1 amide bonds. The van der Waals surface area contributed by atoms with Gasteiger partial charge in [0.05, 0.1) is 67.8 Å². The minimum absolute atomic E-state index is 0.0154. The van der Waals surface area contributed by atoms with Crippen LogP contribution in [0.15, 0.2) is 71.0 Å². The number of aromatic carboxylic acids is 1. The van der Waals surface area contributed by atoms with Crippen LogP contribution in [-0.4, -0.2) is 97.7 Å². The number of carbonyl (C=O) groups excluding carboxylic acids is 1. The van der Waals surface area contributed by atoms with Crippen molar-refractivity contribution in [3.8, 4) is 0 Å². The zero-order valence-electron chi connectivity index (χ0n) is 37.1. The highest BCUT2D eigenvalue weighted by atomic mass is 32.2. The van der Waals surface area contributed by atoms with Crippen molar-refractivity contribution in [1.82, 2.24) is 37.5 Å². The summed E-state index contributed by atoms with van der Waals surface area (Å²) in [7, 11) is -8.02. The number of amides is 1. The minimum Gasteiger partial charge on any atom is -0.478 e. The van der Waals surface area contributed by atoms with Crippen LogP contribution >= 0.6 is 0 Å². The Hall–Kier alpha value is -5.44. The molecule has 0 aliphatic carbocycles. The van der Waals surface area contributed by atoms with Crippen LogP contribution in [0.3, 0.4) is 0 Å². The van der Waals surface area contributed by atoms with Crippen molar-refractivity contribution in [2.75, 3.05) is 26.4 Å². The third-order valence-electron chi connectivity index (χ3n) is 12.7. The van der Waals surface area contributed by atoms with Crippen LogP contribution in [0.2, 0.25) is 0 Å². The molecule has 0 spiro atoms. The van der Waals surface area contributed by atoms with E-state index in [1.54, 1.807) is 24.3 Å². The molecule has 2 aliphatic heterocycles. The normalized spacial score (nSPS) is 16.0. The largest absolute Gasteiger partial charge is 0.478 e. The molecule has 6 aromatic rings. The van der Waals surface area contributed by atoms with Gasteiger partial charge in [0.1, 0.15) is 11.6 Å². The summed E-state index contributed by atoms with van der Waals surface area (Å²) < 4.78 is 69.1. The van der Waals surface area contributed by atoms with E-state index in [4.69, 9.17) is 30.3 Å². The van der Waals surface area contributed by atoms with E-state index in [1.807, 2.05) is 6.07 Å². The van der Waals surface area contributed by atoms with Gasteiger partial charge < -0.3 is 29.4 Å². The standard InChI is InChI=1S/C22H29N5O4S.C22H28N4O5S/c1-4-22(2,3)21-25-18-11-17(32(29,30)27-14-16(12-24-27)20(23)28)5-6-19(18)26(21)13-15-7-9-31-10-8-15;1-4-22(2,3)21-24-18-11-17(32(29,30)26-14-16(12-23-26)20(27)28)5-6-19(18)25(21)13-15-7-9-31-10-8-15/h5-6,11-12,14-15H,4,7-10,13H2,1-3H3,(H2,23,28);5-6,11-12,14-15H,4,7-10,13H2,1-3H3,(H,27,28). The summed E-state index contributed by atoms with van der Waals surface area (Å²) in [6, 6.07) is 9.81. The van der Waals surface area contributed by atoms with Gasteiger partial charge in [-0.15, -0.1) is 0 Å². The van der Waals surface area contributed by atoms with Crippen LogP contribution in [0.1, 0.15) is 112 Å². The number of nitrogens with two attached hydrogens (primary N) is 1. The number of aromatic nitrogens is 8. The van der Waals surface area contributed by atoms with Crippen molar-refractivity contribution in [1.29, 1.82) is 0 Å². The van der Waals surface area contributed by atoms with Crippen LogP contribution in [-0.2, 0) is 53.4 Å². The Bertz CT molecular complexity index is 2700. The molecule has 0 atom stereocenters. The smallest absolute Gasteiger partial charge is 0.338 e. The summed E-state index contributed by atoms with van der Waals surface area (Å²) in [5.41, 5.74) is 7.73. The number of imidazole rings is 2. The van der Waals surface area contributed by atoms with Gasteiger partial charge in [0.25, 0.3) is 26.0 Å². The average Bonchev–Trinajstić information content (AvgIpc) is 4.11. The Morgan fingerprint density at radius 3 is 1.42 bits per heavy atom. The Morgan fingerprint density at radius 1 is 0.688 bits per heavy atom. The van der Waals surface area contributed by atoms with E-state index >= 15 is 0 Å². The van der Waals surface area contributed by atoms with Gasteiger partial charge >= 0.3 is 5.97 Å². The topological polar surface area (TPSA) is 238 Å². The second-order valence-corrected chi connectivity index (χ2v) is 21.5. The molecule has 0 saturated carbocycles. The third-order valence-corrected chi connectivity index (χ3v) is 15.8. The SMILES string of the molecule is CCC(C)(C)c1nc2cc(S(=O)(=O)n3cc(C(=O)O)cn3)ccc2n1CC1CCOCC1.CCC(C)(C)c1nc2cc(S(=O)(=O)n3cc(C(N)=O)cn3)ccc2n1CC1CCOCC1. The molecule has 3 N–H and O–H groups in total. The number of carboxylic acid groups (broad SMARTS) is 1. The zero-order chi connectivity index (χ0) is 46.2. The number of nitrogens with zero attached hydrogens (tertiary/aromatic N) is 8. The molecule has 344 valence electrons. The lowest BCUT2D eigenvalue weighted by atomic mass is 9.89. The molecule has 0 bridgehead atoms. The van der Waals surface area contributed by atoms with Gasteiger partial charge in [0, 0.05) is 50.3 Å². The summed E-state index contributed by atoms with van der Waals surface area (Å²) in [6.07, 6.45) is 10.0. The summed E-state index contributed by atoms with van der Waals surface area (Å²) >= 11 is 0. The summed E-state index contributed by atoms with van der Waals surface area (Å²) in [6.45, 7) is 17.5. The molecule has 0 radical (unpaired) electrons. The molecule has 0 unspecified atom stereocenters. The van der Waals surface area contributed by atoms with E-state index in [2.05, 4.69) is 60.9 Å². The van der Waals surface area contributed by atoms with Crippen LogP contribution in [0.5, 0.6) is 0 Å². The van der Waals surface area contributed by atoms with Crippen LogP contribution in [0.25, 0.3) is 22.1 Å². The van der Waals surface area contributed by atoms with Gasteiger partial charge in [0.15, 0.2) is 0 Å². The number of rotatable bonds is 14. The maximum absolute atomic E-state index is 13.1.